The lowest BCUT2D eigenvalue weighted by Gasteiger charge is -2.34. The van der Waals surface area contributed by atoms with E-state index in [1.165, 1.54) is 0 Å². The van der Waals surface area contributed by atoms with Crippen molar-refractivity contribution in [1.82, 2.24) is 10.2 Å². The van der Waals surface area contributed by atoms with Crippen LogP contribution in [0.1, 0.15) is 33.1 Å². The van der Waals surface area contributed by atoms with E-state index in [-0.39, 0.29) is 12.5 Å². The van der Waals surface area contributed by atoms with Gasteiger partial charge in [-0.3, -0.25) is 4.79 Å². The molecule has 0 unspecified atom stereocenters. The quantitative estimate of drug-likeness (QED) is 0.725. The van der Waals surface area contributed by atoms with Gasteiger partial charge < -0.3 is 15.3 Å². The summed E-state index contributed by atoms with van der Waals surface area (Å²) in [5.41, 5.74) is 0. The molecule has 16 heavy (non-hydrogen) atoms. The van der Waals surface area contributed by atoms with Crippen LogP contribution < -0.4 is 5.32 Å². The maximum absolute atomic E-state index is 11.4. The van der Waals surface area contributed by atoms with Crippen molar-refractivity contribution in [2.45, 2.75) is 39.2 Å². The molecule has 0 aromatic heterocycles. The summed E-state index contributed by atoms with van der Waals surface area (Å²) >= 11 is 0. The second-order valence-corrected chi connectivity index (χ2v) is 4.85. The number of carbonyl (C=O) groups is 1. The van der Waals surface area contributed by atoms with E-state index in [4.69, 9.17) is 5.11 Å². The molecule has 94 valence electrons. The Morgan fingerprint density at radius 1 is 1.44 bits per heavy atom. The Morgan fingerprint density at radius 3 is 2.56 bits per heavy atom. The Labute approximate surface area is 98.0 Å². The predicted octanol–water partition coefficient (Wildman–Crippen LogP) is 0.605. The molecule has 0 spiro atoms. The zero-order chi connectivity index (χ0) is 12.0. The van der Waals surface area contributed by atoms with Crippen LogP contribution in [0.25, 0.3) is 0 Å². The van der Waals surface area contributed by atoms with Gasteiger partial charge in [0.25, 0.3) is 0 Å². The van der Waals surface area contributed by atoms with Crippen LogP contribution in [-0.4, -0.2) is 48.2 Å². The summed E-state index contributed by atoms with van der Waals surface area (Å²) in [5, 5.41) is 11.3. The van der Waals surface area contributed by atoms with Gasteiger partial charge in [-0.05, 0) is 45.7 Å². The Balaban J connectivity index is 2.19. The van der Waals surface area contributed by atoms with Gasteiger partial charge in [0.15, 0.2) is 0 Å². The molecule has 0 atom stereocenters. The van der Waals surface area contributed by atoms with Crippen molar-refractivity contribution < 1.29 is 9.90 Å². The lowest BCUT2D eigenvalue weighted by molar-refractivity contribution is -0.122. The van der Waals surface area contributed by atoms with Crippen LogP contribution in [0.3, 0.4) is 0 Å². The molecule has 1 amide bonds. The molecule has 1 saturated heterocycles. The van der Waals surface area contributed by atoms with Crippen molar-refractivity contribution in [3.63, 3.8) is 0 Å². The molecular formula is C12H24N2O2. The number of aliphatic hydroxyl groups is 1. The summed E-state index contributed by atoms with van der Waals surface area (Å²) in [5.74, 6) is 0.603. The molecule has 1 heterocycles. The number of amides is 1. The van der Waals surface area contributed by atoms with Crippen LogP contribution in [0.5, 0.6) is 0 Å². The van der Waals surface area contributed by atoms with Gasteiger partial charge in [0.1, 0.15) is 0 Å². The lowest BCUT2D eigenvalue weighted by atomic mass is 9.92. The van der Waals surface area contributed by atoms with Crippen molar-refractivity contribution in [3.05, 3.63) is 0 Å². The summed E-state index contributed by atoms with van der Waals surface area (Å²) in [4.78, 5) is 13.9. The molecule has 0 saturated carbocycles. The second kappa shape index (κ2) is 6.86. The van der Waals surface area contributed by atoms with E-state index in [1.54, 1.807) is 0 Å². The number of aliphatic hydroxyl groups excluding tert-OH is 1. The standard InChI is InChI=1S/C12H24N2O2/c1-10(2)14-6-3-11(4-7-14)9-12(16)13-5-8-15/h10-11,15H,3-9H2,1-2H3,(H,13,16). The third-order valence-electron chi connectivity index (χ3n) is 3.29. The largest absolute Gasteiger partial charge is 0.395 e. The van der Waals surface area contributed by atoms with Gasteiger partial charge in [-0.15, -0.1) is 0 Å². The lowest BCUT2D eigenvalue weighted by Crippen LogP contribution is -2.39. The highest BCUT2D eigenvalue weighted by molar-refractivity contribution is 5.76. The van der Waals surface area contributed by atoms with Gasteiger partial charge in [-0.1, -0.05) is 0 Å². The Morgan fingerprint density at radius 2 is 2.06 bits per heavy atom. The smallest absolute Gasteiger partial charge is 0.220 e. The second-order valence-electron chi connectivity index (χ2n) is 4.85. The number of hydrogen-bond donors (Lipinski definition) is 2. The third-order valence-corrected chi connectivity index (χ3v) is 3.29. The molecule has 1 aliphatic rings. The van der Waals surface area contributed by atoms with Gasteiger partial charge in [0.2, 0.25) is 5.91 Å². The molecule has 0 aromatic carbocycles. The van der Waals surface area contributed by atoms with Crippen LogP contribution in [0.4, 0.5) is 0 Å². The van der Waals surface area contributed by atoms with Gasteiger partial charge in [-0.25, -0.2) is 0 Å². The number of hydrogen-bond acceptors (Lipinski definition) is 3. The Hall–Kier alpha value is -0.610. The van der Waals surface area contributed by atoms with Crippen LogP contribution in [-0.2, 0) is 4.79 Å². The minimum absolute atomic E-state index is 0.0253. The molecule has 1 fully saturated rings. The molecule has 0 radical (unpaired) electrons. The minimum Gasteiger partial charge on any atom is -0.395 e. The summed E-state index contributed by atoms with van der Waals surface area (Å²) in [6, 6.07) is 0.615. The molecule has 1 aliphatic heterocycles. The monoisotopic (exact) mass is 228 g/mol. The van der Waals surface area contributed by atoms with E-state index < -0.39 is 0 Å². The fraction of sp³-hybridized carbons (Fsp3) is 0.917. The summed E-state index contributed by atoms with van der Waals surface area (Å²) in [6.07, 6.45) is 2.85. The SMILES string of the molecule is CC(C)N1CCC(CC(=O)NCCO)CC1. The fourth-order valence-electron chi connectivity index (χ4n) is 2.20. The van der Waals surface area contributed by atoms with Crippen LogP contribution >= 0.6 is 0 Å². The normalized spacial score (nSPS) is 19.0. The van der Waals surface area contributed by atoms with Gasteiger partial charge in [-0.2, -0.15) is 0 Å². The van der Waals surface area contributed by atoms with Crippen molar-refractivity contribution in [3.8, 4) is 0 Å². The first kappa shape index (κ1) is 13.5. The van der Waals surface area contributed by atoms with Gasteiger partial charge in [0.05, 0.1) is 6.61 Å². The zero-order valence-electron chi connectivity index (χ0n) is 10.4. The molecule has 4 heteroatoms. The van der Waals surface area contributed by atoms with Crippen molar-refractivity contribution in [2.24, 2.45) is 5.92 Å². The van der Waals surface area contributed by atoms with E-state index in [2.05, 4.69) is 24.1 Å². The summed E-state index contributed by atoms with van der Waals surface area (Å²) < 4.78 is 0. The third kappa shape index (κ3) is 4.49. The molecule has 2 N–H and O–H groups in total. The molecule has 0 bridgehead atoms. The predicted molar refractivity (Wildman–Crippen MR) is 64.1 cm³/mol. The topological polar surface area (TPSA) is 52.6 Å². The number of nitrogens with one attached hydrogen (secondary N) is 1. The van der Waals surface area contributed by atoms with Crippen molar-refractivity contribution >= 4 is 5.91 Å². The van der Waals surface area contributed by atoms with E-state index in [0.717, 1.165) is 25.9 Å². The highest BCUT2D eigenvalue weighted by atomic mass is 16.3. The van der Waals surface area contributed by atoms with Gasteiger partial charge >= 0.3 is 0 Å². The summed E-state index contributed by atoms with van der Waals surface area (Å²) in [6.45, 7) is 7.05. The summed E-state index contributed by atoms with van der Waals surface area (Å²) in [7, 11) is 0. The molecular weight excluding hydrogens is 204 g/mol. The number of likely N-dealkylation sites (tertiary alicyclic amines) is 1. The molecule has 0 aromatic rings. The molecule has 1 rings (SSSR count). The van der Waals surface area contributed by atoms with Crippen molar-refractivity contribution in [2.75, 3.05) is 26.2 Å². The number of nitrogens with zero attached hydrogens (tertiary/aromatic N) is 1. The van der Waals surface area contributed by atoms with Gasteiger partial charge in [0, 0.05) is 19.0 Å². The highest BCUT2D eigenvalue weighted by Gasteiger charge is 2.22. The first-order chi connectivity index (χ1) is 7.63. The van der Waals surface area contributed by atoms with Crippen LogP contribution in [0, 0.1) is 5.92 Å². The maximum atomic E-state index is 11.4. The minimum atomic E-state index is 0.0253. The van der Waals surface area contributed by atoms with E-state index in [0.29, 0.717) is 24.9 Å². The Bertz CT molecular complexity index is 211. The molecule has 4 nitrogen and oxygen atoms in total. The number of carbonyl (C=O) groups excluding carboxylic acids is 1. The van der Waals surface area contributed by atoms with Crippen LogP contribution in [0.2, 0.25) is 0 Å². The maximum Gasteiger partial charge on any atom is 0.220 e. The Kier molecular flexibility index (Phi) is 5.77. The van der Waals surface area contributed by atoms with E-state index in [1.807, 2.05) is 0 Å². The fourth-order valence-corrected chi connectivity index (χ4v) is 2.20. The first-order valence-corrected chi connectivity index (χ1v) is 6.25. The van der Waals surface area contributed by atoms with Crippen molar-refractivity contribution in [1.29, 1.82) is 0 Å². The van der Waals surface area contributed by atoms with E-state index in [9.17, 15) is 4.79 Å². The first-order valence-electron chi connectivity index (χ1n) is 6.25. The average Bonchev–Trinajstić information content (AvgIpc) is 2.27. The number of piperidine rings is 1. The van der Waals surface area contributed by atoms with Crippen LogP contribution in [0.15, 0.2) is 0 Å². The van der Waals surface area contributed by atoms with E-state index >= 15 is 0 Å². The number of rotatable bonds is 5. The molecule has 0 aliphatic carbocycles. The zero-order valence-corrected chi connectivity index (χ0v) is 10.4. The average molecular weight is 228 g/mol. The highest BCUT2D eigenvalue weighted by Crippen LogP contribution is 2.21.